The molecule has 1 aromatic heterocycles. The van der Waals surface area contributed by atoms with Crippen molar-refractivity contribution in [3.63, 3.8) is 0 Å². The van der Waals surface area contributed by atoms with Gasteiger partial charge in [-0.1, -0.05) is 31.0 Å². The molecule has 0 bridgehead atoms. The summed E-state index contributed by atoms with van der Waals surface area (Å²) in [6.45, 7) is 1.62. The first-order chi connectivity index (χ1) is 13.6. The van der Waals surface area contributed by atoms with Gasteiger partial charge in [-0.05, 0) is 49.9 Å². The zero-order chi connectivity index (χ0) is 19.5. The van der Waals surface area contributed by atoms with Crippen molar-refractivity contribution in [2.75, 3.05) is 13.1 Å². The number of benzene rings is 1. The SMILES string of the molecule is NC(=O)c1cccc(-c2cccc(C3CCCN(C(=O)C4CCCC4)C3)n2)c1. The molecule has 28 heavy (non-hydrogen) atoms. The smallest absolute Gasteiger partial charge is 0.248 e. The second kappa shape index (κ2) is 8.13. The number of amides is 2. The molecule has 2 heterocycles. The van der Waals surface area contributed by atoms with Crippen LogP contribution in [0.2, 0.25) is 0 Å². The van der Waals surface area contributed by atoms with Crippen molar-refractivity contribution in [1.29, 1.82) is 0 Å². The summed E-state index contributed by atoms with van der Waals surface area (Å²) in [5.74, 6) is 0.395. The summed E-state index contributed by atoms with van der Waals surface area (Å²) in [7, 11) is 0. The van der Waals surface area contributed by atoms with Crippen LogP contribution in [-0.4, -0.2) is 34.8 Å². The third-order valence-electron chi connectivity index (χ3n) is 6.07. The quantitative estimate of drug-likeness (QED) is 0.882. The molecule has 0 spiro atoms. The number of likely N-dealkylation sites (tertiary alicyclic amines) is 1. The summed E-state index contributed by atoms with van der Waals surface area (Å²) in [4.78, 5) is 31.2. The molecule has 2 aromatic rings. The van der Waals surface area contributed by atoms with E-state index in [-0.39, 0.29) is 11.8 Å². The summed E-state index contributed by atoms with van der Waals surface area (Å²) in [6, 6.07) is 13.3. The lowest BCUT2D eigenvalue weighted by atomic mass is 9.92. The molecule has 5 nitrogen and oxygen atoms in total. The number of nitrogens with two attached hydrogens (primary N) is 1. The Morgan fingerprint density at radius 1 is 1.00 bits per heavy atom. The lowest BCUT2D eigenvalue weighted by Crippen LogP contribution is -2.42. The predicted molar refractivity (Wildman–Crippen MR) is 109 cm³/mol. The maximum absolute atomic E-state index is 12.8. The van der Waals surface area contributed by atoms with E-state index in [1.54, 1.807) is 12.1 Å². The molecule has 2 amide bonds. The van der Waals surface area contributed by atoms with Gasteiger partial charge in [0.15, 0.2) is 0 Å². The lowest BCUT2D eigenvalue weighted by molar-refractivity contribution is -0.136. The molecule has 1 saturated carbocycles. The predicted octanol–water partition coefficient (Wildman–Crippen LogP) is 3.74. The Labute approximate surface area is 165 Å². The Morgan fingerprint density at radius 3 is 2.57 bits per heavy atom. The van der Waals surface area contributed by atoms with Crippen LogP contribution in [0, 0.1) is 5.92 Å². The van der Waals surface area contributed by atoms with Crippen LogP contribution in [0.15, 0.2) is 42.5 Å². The van der Waals surface area contributed by atoms with Crippen LogP contribution in [-0.2, 0) is 4.79 Å². The highest BCUT2D eigenvalue weighted by atomic mass is 16.2. The number of rotatable bonds is 4. The Bertz CT molecular complexity index is 874. The first-order valence-electron chi connectivity index (χ1n) is 10.3. The molecule has 1 saturated heterocycles. The number of hydrogen-bond donors (Lipinski definition) is 1. The first-order valence-corrected chi connectivity index (χ1v) is 10.3. The van der Waals surface area contributed by atoms with E-state index in [0.717, 1.165) is 55.7 Å². The van der Waals surface area contributed by atoms with Crippen LogP contribution in [0.25, 0.3) is 11.3 Å². The van der Waals surface area contributed by atoms with Crippen LogP contribution in [0.5, 0.6) is 0 Å². The van der Waals surface area contributed by atoms with E-state index in [0.29, 0.717) is 11.5 Å². The van der Waals surface area contributed by atoms with Gasteiger partial charge in [-0.25, -0.2) is 0 Å². The van der Waals surface area contributed by atoms with Crippen molar-refractivity contribution >= 4 is 11.8 Å². The minimum absolute atomic E-state index is 0.231. The molecule has 1 unspecified atom stereocenters. The maximum atomic E-state index is 12.8. The third-order valence-corrected chi connectivity index (χ3v) is 6.07. The minimum atomic E-state index is -0.439. The van der Waals surface area contributed by atoms with Crippen molar-refractivity contribution in [3.05, 3.63) is 53.7 Å². The molecule has 2 aliphatic rings. The van der Waals surface area contributed by atoms with Gasteiger partial charge in [0, 0.05) is 41.7 Å². The van der Waals surface area contributed by atoms with E-state index < -0.39 is 5.91 Å². The number of piperidine rings is 1. The number of aromatic nitrogens is 1. The first kappa shape index (κ1) is 18.7. The number of carbonyl (C=O) groups is 2. The molecule has 0 radical (unpaired) electrons. The number of nitrogens with zero attached hydrogens (tertiary/aromatic N) is 2. The third kappa shape index (κ3) is 3.93. The Hall–Kier alpha value is -2.69. The van der Waals surface area contributed by atoms with Gasteiger partial charge in [0.2, 0.25) is 11.8 Å². The van der Waals surface area contributed by atoms with Gasteiger partial charge in [-0.3, -0.25) is 14.6 Å². The average molecular weight is 377 g/mol. The highest BCUT2D eigenvalue weighted by molar-refractivity contribution is 5.94. The average Bonchev–Trinajstić information content (AvgIpc) is 3.28. The Morgan fingerprint density at radius 2 is 1.79 bits per heavy atom. The topological polar surface area (TPSA) is 76.3 Å². The molecule has 1 atom stereocenters. The Balaban J connectivity index is 1.53. The van der Waals surface area contributed by atoms with Crippen LogP contribution in [0.4, 0.5) is 0 Å². The van der Waals surface area contributed by atoms with Crippen molar-refractivity contribution in [1.82, 2.24) is 9.88 Å². The van der Waals surface area contributed by atoms with Gasteiger partial charge in [0.05, 0.1) is 5.69 Å². The summed E-state index contributed by atoms with van der Waals surface area (Å²) in [5, 5.41) is 0. The van der Waals surface area contributed by atoms with Gasteiger partial charge in [0.1, 0.15) is 0 Å². The number of pyridine rings is 1. The van der Waals surface area contributed by atoms with Crippen LogP contribution in [0.1, 0.15) is 60.5 Å². The lowest BCUT2D eigenvalue weighted by Gasteiger charge is -2.34. The van der Waals surface area contributed by atoms with Crippen molar-refractivity contribution < 1.29 is 9.59 Å². The van der Waals surface area contributed by atoms with Gasteiger partial charge in [-0.15, -0.1) is 0 Å². The Kier molecular flexibility index (Phi) is 5.42. The molecular weight excluding hydrogens is 350 g/mol. The van der Waals surface area contributed by atoms with Crippen LogP contribution in [0.3, 0.4) is 0 Å². The van der Waals surface area contributed by atoms with E-state index >= 15 is 0 Å². The molecule has 1 aliphatic carbocycles. The summed E-state index contributed by atoms with van der Waals surface area (Å²) >= 11 is 0. The highest BCUT2D eigenvalue weighted by Crippen LogP contribution is 2.32. The van der Waals surface area contributed by atoms with Crippen LogP contribution >= 0.6 is 0 Å². The largest absolute Gasteiger partial charge is 0.366 e. The summed E-state index contributed by atoms with van der Waals surface area (Å²) < 4.78 is 0. The zero-order valence-corrected chi connectivity index (χ0v) is 16.1. The molecule has 1 aromatic carbocycles. The van der Waals surface area contributed by atoms with E-state index in [1.165, 1.54) is 12.8 Å². The van der Waals surface area contributed by atoms with E-state index in [1.807, 2.05) is 24.3 Å². The molecule has 5 heteroatoms. The van der Waals surface area contributed by atoms with Gasteiger partial charge in [0.25, 0.3) is 0 Å². The van der Waals surface area contributed by atoms with E-state index in [2.05, 4.69) is 11.0 Å². The number of hydrogen-bond acceptors (Lipinski definition) is 3. The molecule has 146 valence electrons. The van der Waals surface area contributed by atoms with Crippen molar-refractivity contribution in [2.45, 2.75) is 44.4 Å². The molecular formula is C23H27N3O2. The van der Waals surface area contributed by atoms with E-state index in [9.17, 15) is 9.59 Å². The molecule has 2 N–H and O–H groups in total. The van der Waals surface area contributed by atoms with Crippen molar-refractivity contribution in [3.8, 4) is 11.3 Å². The minimum Gasteiger partial charge on any atom is -0.366 e. The maximum Gasteiger partial charge on any atom is 0.248 e. The van der Waals surface area contributed by atoms with Crippen LogP contribution < -0.4 is 5.73 Å². The molecule has 1 aliphatic heterocycles. The molecule has 4 rings (SSSR count). The summed E-state index contributed by atoms with van der Waals surface area (Å²) in [5.41, 5.74) is 8.62. The second-order valence-corrected chi connectivity index (χ2v) is 8.00. The fourth-order valence-electron chi connectivity index (χ4n) is 4.52. The summed E-state index contributed by atoms with van der Waals surface area (Å²) in [6.07, 6.45) is 6.52. The normalized spacial score (nSPS) is 20.3. The molecule has 2 fully saturated rings. The van der Waals surface area contributed by atoms with Gasteiger partial charge >= 0.3 is 0 Å². The number of primary amides is 1. The monoisotopic (exact) mass is 377 g/mol. The fraction of sp³-hybridized carbons (Fsp3) is 0.435. The zero-order valence-electron chi connectivity index (χ0n) is 16.1. The number of carbonyl (C=O) groups excluding carboxylic acids is 2. The highest BCUT2D eigenvalue weighted by Gasteiger charge is 2.31. The standard InChI is InChI=1S/C23H27N3O2/c24-22(27)18-9-3-8-17(14-18)20-11-4-12-21(25-20)19-10-5-13-26(15-19)23(28)16-6-1-2-7-16/h3-4,8-9,11-12,14,16,19H,1-2,5-7,10,13,15H2,(H2,24,27). The second-order valence-electron chi connectivity index (χ2n) is 8.00. The fourth-order valence-corrected chi connectivity index (χ4v) is 4.52. The van der Waals surface area contributed by atoms with Gasteiger partial charge in [-0.2, -0.15) is 0 Å². The van der Waals surface area contributed by atoms with E-state index in [4.69, 9.17) is 10.7 Å². The van der Waals surface area contributed by atoms with Gasteiger partial charge < -0.3 is 10.6 Å². The van der Waals surface area contributed by atoms with Crippen molar-refractivity contribution in [2.24, 2.45) is 11.7 Å².